The SMILES string of the molecule is CCCCOc1ccc(-c2nc(CSCC(=O)NCc3ccco3)c(C)o2)cc1. The van der Waals surface area contributed by atoms with Gasteiger partial charge in [-0.3, -0.25) is 4.79 Å². The molecule has 0 atom stereocenters. The molecule has 1 aromatic carbocycles. The van der Waals surface area contributed by atoms with Crippen LogP contribution in [0.2, 0.25) is 0 Å². The lowest BCUT2D eigenvalue weighted by Crippen LogP contribution is -2.24. The number of amides is 1. The lowest BCUT2D eigenvalue weighted by Gasteiger charge is -2.05. The van der Waals surface area contributed by atoms with Gasteiger partial charge in [-0.2, -0.15) is 0 Å². The van der Waals surface area contributed by atoms with Gasteiger partial charge in [0.15, 0.2) is 0 Å². The van der Waals surface area contributed by atoms with Gasteiger partial charge in [-0.1, -0.05) is 13.3 Å². The molecule has 154 valence electrons. The Hall–Kier alpha value is -2.67. The van der Waals surface area contributed by atoms with E-state index < -0.39 is 0 Å². The normalized spacial score (nSPS) is 10.8. The molecule has 3 aromatic rings. The summed E-state index contributed by atoms with van der Waals surface area (Å²) in [6.07, 6.45) is 3.75. The van der Waals surface area contributed by atoms with Gasteiger partial charge in [0.1, 0.15) is 17.3 Å². The third kappa shape index (κ3) is 6.42. The molecule has 0 saturated carbocycles. The number of aromatic nitrogens is 1. The molecule has 0 aliphatic rings. The zero-order valence-electron chi connectivity index (χ0n) is 16.8. The molecule has 0 radical (unpaired) electrons. The summed E-state index contributed by atoms with van der Waals surface area (Å²) in [4.78, 5) is 16.5. The van der Waals surface area contributed by atoms with Gasteiger partial charge in [0.05, 0.1) is 30.9 Å². The number of nitrogens with zero attached hydrogens (tertiary/aromatic N) is 1. The second-order valence-electron chi connectivity index (χ2n) is 6.60. The molecule has 29 heavy (non-hydrogen) atoms. The lowest BCUT2D eigenvalue weighted by atomic mass is 10.2. The van der Waals surface area contributed by atoms with E-state index in [-0.39, 0.29) is 5.91 Å². The van der Waals surface area contributed by atoms with E-state index in [9.17, 15) is 4.79 Å². The number of hydrogen-bond acceptors (Lipinski definition) is 6. The minimum Gasteiger partial charge on any atom is -0.494 e. The maximum atomic E-state index is 11.9. The van der Waals surface area contributed by atoms with Gasteiger partial charge in [-0.25, -0.2) is 4.98 Å². The molecular formula is C22H26N2O4S. The number of thioether (sulfide) groups is 1. The summed E-state index contributed by atoms with van der Waals surface area (Å²) >= 11 is 1.50. The number of aryl methyl sites for hydroxylation is 1. The summed E-state index contributed by atoms with van der Waals surface area (Å²) < 4.78 is 16.7. The molecule has 0 aliphatic heterocycles. The largest absolute Gasteiger partial charge is 0.494 e. The third-order valence-electron chi connectivity index (χ3n) is 4.27. The molecule has 2 aromatic heterocycles. The van der Waals surface area contributed by atoms with E-state index in [0.29, 0.717) is 23.9 Å². The number of rotatable bonds is 11. The highest BCUT2D eigenvalue weighted by atomic mass is 32.2. The molecule has 2 heterocycles. The number of benzene rings is 1. The number of carbonyl (C=O) groups excluding carboxylic acids is 1. The molecule has 0 bridgehead atoms. The molecule has 1 N–H and O–H groups in total. The van der Waals surface area contributed by atoms with Crippen LogP contribution >= 0.6 is 11.8 Å². The summed E-state index contributed by atoms with van der Waals surface area (Å²) in [6, 6.07) is 11.4. The van der Waals surface area contributed by atoms with Crippen LogP contribution in [-0.4, -0.2) is 23.3 Å². The Morgan fingerprint density at radius 2 is 2.07 bits per heavy atom. The number of unbranched alkanes of at least 4 members (excludes halogenated alkanes) is 1. The summed E-state index contributed by atoms with van der Waals surface area (Å²) in [5.74, 6) is 3.87. The van der Waals surface area contributed by atoms with Gasteiger partial charge < -0.3 is 18.9 Å². The molecule has 3 rings (SSSR count). The number of carbonyl (C=O) groups is 1. The highest BCUT2D eigenvalue weighted by Gasteiger charge is 2.12. The standard InChI is InChI=1S/C22H26N2O4S/c1-3-4-11-26-18-9-7-17(8-10-18)22-24-20(16(2)28-22)14-29-15-21(25)23-13-19-6-5-12-27-19/h5-10,12H,3-4,11,13-15H2,1-2H3,(H,23,25). The van der Waals surface area contributed by atoms with Crippen molar-refractivity contribution >= 4 is 17.7 Å². The van der Waals surface area contributed by atoms with Crippen LogP contribution in [0.4, 0.5) is 0 Å². The fraction of sp³-hybridized carbons (Fsp3) is 0.364. The fourth-order valence-electron chi connectivity index (χ4n) is 2.60. The van der Waals surface area contributed by atoms with Crippen molar-refractivity contribution in [3.05, 3.63) is 59.9 Å². The summed E-state index contributed by atoms with van der Waals surface area (Å²) in [5.41, 5.74) is 1.76. The van der Waals surface area contributed by atoms with Crippen LogP contribution in [0.3, 0.4) is 0 Å². The van der Waals surface area contributed by atoms with E-state index >= 15 is 0 Å². The van der Waals surface area contributed by atoms with Crippen LogP contribution in [0.15, 0.2) is 51.5 Å². The van der Waals surface area contributed by atoms with Crippen LogP contribution < -0.4 is 10.1 Å². The molecular weight excluding hydrogens is 388 g/mol. The fourth-order valence-corrected chi connectivity index (χ4v) is 3.45. The van der Waals surface area contributed by atoms with E-state index in [4.69, 9.17) is 13.6 Å². The van der Waals surface area contributed by atoms with Crippen molar-refractivity contribution in [2.45, 2.75) is 39.0 Å². The van der Waals surface area contributed by atoms with Gasteiger partial charge >= 0.3 is 0 Å². The average Bonchev–Trinajstić information content (AvgIpc) is 3.37. The van der Waals surface area contributed by atoms with Crippen LogP contribution in [0.5, 0.6) is 5.75 Å². The zero-order valence-corrected chi connectivity index (χ0v) is 17.6. The third-order valence-corrected chi connectivity index (χ3v) is 5.22. The Labute approximate surface area is 175 Å². The Morgan fingerprint density at radius 3 is 2.79 bits per heavy atom. The van der Waals surface area contributed by atoms with Crippen molar-refractivity contribution in [2.75, 3.05) is 12.4 Å². The molecule has 7 heteroatoms. The highest BCUT2D eigenvalue weighted by Crippen LogP contribution is 2.26. The molecule has 0 spiro atoms. The Kier molecular flexibility index (Phi) is 7.81. The second kappa shape index (κ2) is 10.8. The van der Waals surface area contributed by atoms with Gasteiger partial charge in [-0.05, 0) is 49.7 Å². The van der Waals surface area contributed by atoms with Gasteiger partial charge in [0.25, 0.3) is 0 Å². The Bertz CT molecular complexity index is 888. The second-order valence-corrected chi connectivity index (χ2v) is 7.58. The predicted octanol–water partition coefficient (Wildman–Crippen LogP) is 4.97. The molecule has 0 fully saturated rings. The summed E-state index contributed by atoms with van der Waals surface area (Å²) in [6.45, 7) is 5.16. The lowest BCUT2D eigenvalue weighted by molar-refractivity contribution is -0.118. The molecule has 0 saturated heterocycles. The van der Waals surface area contributed by atoms with E-state index in [1.165, 1.54) is 11.8 Å². The van der Waals surface area contributed by atoms with Gasteiger partial charge in [0.2, 0.25) is 11.8 Å². The first-order valence-corrected chi connectivity index (χ1v) is 10.9. The topological polar surface area (TPSA) is 77.5 Å². The highest BCUT2D eigenvalue weighted by molar-refractivity contribution is 7.99. The van der Waals surface area contributed by atoms with Crippen LogP contribution in [0.1, 0.15) is 37.0 Å². The maximum absolute atomic E-state index is 11.9. The van der Waals surface area contributed by atoms with E-state index in [1.807, 2.05) is 37.3 Å². The predicted molar refractivity (Wildman–Crippen MR) is 114 cm³/mol. The van der Waals surface area contributed by atoms with E-state index in [0.717, 1.165) is 48.0 Å². The quantitative estimate of drug-likeness (QED) is 0.446. The molecule has 6 nitrogen and oxygen atoms in total. The minimum atomic E-state index is -0.0357. The van der Waals surface area contributed by atoms with Crippen LogP contribution in [0, 0.1) is 6.92 Å². The number of oxazole rings is 1. The van der Waals surface area contributed by atoms with Crippen molar-refractivity contribution in [3.63, 3.8) is 0 Å². The number of ether oxygens (including phenoxy) is 1. The summed E-state index contributed by atoms with van der Waals surface area (Å²) in [5, 5.41) is 2.83. The Morgan fingerprint density at radius 1 is 1.24 bits per heavy atom. The van der Waals surface area contributed by atoms with E-state index in [2.05, 4.69) is 17.2 Å². The van der Waals surface area contributed by atoms with Crippen LogP contribution in [-0.2, 0) is 17.1 Å². The number of furan rings is 1. The minimum absolute atomic E-state index is 0.0357. The smallest absolute Gasteiger partial charge is 0.230 e. The average molecular weight is 415 g/mol. The molecule has 0 aliphatic carbocycles. The molecule has 0 unspecified atom stereocenters. The van der Waals surface area contributed by atoms with Crippen molar-refractivity contribution in [3.8, 4) is 17.2 Å². The first kappa shape index (κ1) is 21.0. The monoisotopic (exact) mass is 414 g/mol. The maximum Gasteiger partial charge on any atom is 0.230 e. The van der Waals surface area contributed by atoms with Gasteiger partial charge in [-0.15, -0.1) is 11.8 Å². The number of nitrogens with one attached hydrogen (secondary N) is 1. The van der Waals surface area contributed by atoms with Crippen molar-refractivity contribution in [2.24, 2.45) is 0 Å². The number of hydrogen-bond donors (Lipinski definition) is 1. The molecule has 1 amide bonds. The summed E-state index contributed by atoms with van der Waals surface area (Å²) in [7, 11) is 0. The van der Waals surface area contributed by atoms with Crippen molar-refractivity contribution in [1.29, 1.82) is 0 Å². The van der Waals surface area contributed by atoms with Crippen LogP contribution in [0.25, 0.3) is 11.5 Å². The Balaban J connectivity index is 1.47. The zero-order chi connectivity index (χ0) is 20.5. The van der Waals surface area contributed by atoms with Crippen molar-refractivity contribution in [1.82, 2.24) is 10.3 Å². The first-order chi connectivity index (χ1) is 14.2. The van der Waals surface area contributed by atoms with Gasteiger partial charge in [0, 0.05) is 11.3 Å². The van der Waals surface area contributed by atoms with Crippen molar-refractivity contribution < 1.29 is 18.4 Å². The van der Waals surface area contributed by atoms with E-state index in [1.54, 1.807) is 12.3 Å². The first-order valence-electron chi connectivity index (χ1n) is 9.72.